The highest BCUT2D eigenvalue weighted by Gasteiger charge is 2.25. The number of rotatable bonds is 3. The van der Waals surface area contributed by atoms with Crippen LogP contribution in [0.25, 0.3) is 0 Å². The van der Waals surface area contributed by atoms with Crippen LogP contribution in [-0.2, 0) is 9.59 Å². The third kappa shape index (κ3) is 4.47. The van der Waals surface area contributed by atoms with Crippen molar-refractivity contribution in [2.75, 3.05) is 26.2 Å². The molecule has 6 heteroatoms. The number of hydrogen-bond donors (Lipinski definition) is 0. The van der Waals surface area contributed by atoms with Crippen LogP contribution in [0.4, 0.5) is 0 Å². The summed E-state index contributed by atoms with van der Waals surface area (Å²) >= 11 is 3.37. The lowest BCUT2D eigenvalue weighted by Gasteiger charge is -2.25. The van der Waals surface area contributed by atoms with Gasteiger partial charge in [-0.3, -0.25) is 9.59 Å². The minimum Gasteiger partial charge on any atom is -0.481 e. The number of halogens is 1. The molecule has 1 saturated heterocycles. The summed E-state index contributed by atoms with van der Waals surface area (Å²) in [5, 5.41) is 0. The van der Waals surface area contributed by atoms with Crippen LogP contribution in [0.3, 0.4) is 0 Å². The van der Waals surface area contributed by atoms with Crippen LogP contribution < -0.4 is 4.74 Å². The van der Waals surface area contributed by atoms with Crippen LogP contribution >= 0.6 is 15.9 Å². The van der Waals surface area contributed by atoms with Gasteiger partial charge in [0.05, 0.1) is 0 Å². The lowest BCUT2D eigenvalue weighted by Crippen LogP contribution is -2.42. The first-order valence-corrected chi connectivity index (χ1v) is 8.23. The number of carbonyl (C=O) groups is 2. The molecule has 0 bridgehead atoms. The first-order chi connectivity index (χ1) is 10.5. The monoisotopic (exact) mass is 368 g/mol. The average molecular weight is 369 g/mol. The molecule has 1 unspecified atom stereocenters. The van der Waals surface area contributed by atoms with Gasteiger partial charge in [0.2, 0.25) is 5.91 Å². The van der Waals surface area contributed by atoms with Gasteiger partial charge in [0, 0.05) is 37.6 Å². The predicted octanol–water partition coefficient (Wildman–Crippen LogP) is 2.30. The van der Waals surface area contributed by atoms with E-state index in [4.69, 9.17) is 4.74 Å². The van der Waals surface area contributed by atoms with Crippen LogP contribution in [0.15, 0.2) is 28.7 Å². The van der Waals surface area contributed by atoms with Crippen molar-refractivity contribution in [3.8, 4) is 5.75 Å². The van der Waals surface area contributed by atoms with E-state index in [1.54, 1.807) is 23.6 Å². The first-order valence-electron chi connectivity index (χ1n) is 7.44. The lowest BCUT2D eigenvalue weighted by atomic mass is 10.3. The summed E-state index contributed by atoms with van der Waals surface area (Å²) in [5.74, 6) is 0.700. The third-order valence-electron chi connectivity index (χ3n) is 3.73. The standard InChI is InChI=1S/C16H21BrN2O3/c1-12(22-15-6-4-14(17)5-7-15)16(21)19-9-3-8-18(10-11-19)13(2)20/h4-7,12H,3,8-11H2,1-2H3. The molecule has 22 heavy (non-hydrogen) atoms. The number of ether oxygens (including phenoxy) is 1. The van der Waals surface area contributed by atoms with Gasteiger partial charge in [0.15, 0.2) is 6.10 Å². The molecule has 0 radical (unpaired) electrons. The third-order valence-corrected chi connectivity index (χ3v) is 4.26. The van der Waals surface area contributed by atoms with Crippen LogP contribution in [0.5, 0.6) is 5.75 Å². The van der Waals surface area contributed by atoms with Gasteiger partial charge in [-0.25, -0.2) is 0 Å². The second kappa shape index (κ2) is 7.63. The molecule has 0 saturated carbocycles. The number of carbonyl (C=O) groups excluding carboxylic acids is 2. The smallest absolute Gasteiger partial charge is 0.263 e. The van der Waals surface area contributed by atoms with E-state index in [0.29, 0.717) is 31.9 Å². The van der Waals surface area contributed by atoms with Crippen LogP contribution in [-0.4, -0.2) is 53.9 Å². The van der Waals surface area contributed by atoms with E-state index in [1.807, 2.05) is 24.3 Å². The van der Waals surface area contributed by atoms with Crippen LogP contribution in [0.2, 0.25) is 0 Å². The second-order valence-electron chi connectivity index (χ2n) is 5.40. The van der Waals surface area contributed by atoms with E-state index in [1.165, 1.54) is 0 Å². The molecule has 0 aliphatic carbocycles. The van der Waals surface area contributed by atoms with Crippen molar-refractivity contribution in [1.29, 1.82) is 0 Å². The summed E-state index contributed by atoms with van der Waals surface area (Å²) in [6.45, 7) is 5.85. The Kier molecular flexibility index (Phi) is 5.83. The molecule has 0 aromatic heterocycles. The molecule has 1 aliphatic rings. The average Bonchev–Trinajstić information content (AvgIpc) is 2.74. The molecule has 1 aromatic rings. The van der Waals surface area contributed by atoms with Crippen molar-refractivity contribution < 1.29 is 14.3 Å². The maximum atomic E-state index is 12.5. The largest absolute Gasteiger partial charge is 0.481 e. The topological polar surface area (TPSA) is 49.9 Å². The molecule has 0 N–H and O–H groups in total. The molecule has 5 nitrogen and oxygen atoms in total. The normalized spacial score (nSPS) is 16.9. The SMILES string of the molecule is CC(=O)N1CCCN(C(=O)C(C)Oc2ccc(Br)cc2)CC1. The Bertz CT molecular complexity index is 533. The molecule has 1 aliphatic heterocycles. The Morgan fingerprint density at radius 3 is 2.32 bits per heavy atom. The maximum absolute atomic E-state index is 12.5. The Morgan fingerprint density at radius 2 is 1.68 bits per heavy atom. The van der Waals surface area contributed by atoms with Gasteiger partial charge in [-0.05, 0) is 37.6 Å². The van der Waals surface area contributed by atoms with E-state index in [9.17, 15) is 9.59 Å². The molecule has 1 atom stereocenters. The summed E-state index contributed by atoms with van der Waals surface area (Å²) in [4.78, 5) is 27.5. The van der Waals surface area contributed by atoms with Gasteiger partial charge < -0.3 is 14.5 Å². The fraction of sp³-hybridized carbons (Fsp3) is 0.500. The highest BCUT2D eigenvalue weighted by Crippen LogP contribution is 2.18. The van der Waals surface area contributed by atoms with Crippen LogP contribution in [0, 0.1) is 0 Å². The highest BCUT2D eigenvalue weighted by molar-refractivity contribution is 9.10. The minimum atomic E-state index is -0.537. The predicted molar refractivity (Wildman–Crippen MR) is 87.7 cm³/mol. The van der Waals surface area contributed by atoms with Crippen molar-refractivity contribution in [3.05, 3.63) is 28.7 Å². The van der Waals surface area contributed by atoms with Crippen LogP contribution in [0.1, 0.15) is 20.3 Å². The molecule has 0 spiro atoms. The lowest BCUT2D eigenvalue weighted by molar-refractivity contribution is -0.138. The molecule has 1 aromatic carbocycles. The van der Waals surface area contributed by atoms with Gasteiger partial charge in [0.25, 0.3) is 5.91 Å². The zero-order valence-corrected chi connectivity index (χ0v) is 14.5. The van der Waals surface area contributed by atoms with Gasteiger partial charge in [-0.1, -0.05) is 15.9 Å². The van der Waals surface area contributed by atoms with Gasteiger partial charge in [0.1, 0.15) is 5.75 Å². The summed E-state index contributed by atoms with van der Waals surface area (Å²) < 4.78 is 6.68. The molecule has 2 amide bonds. The van der Waals surface area contributed by atoms with Crippen molar-refractivity contribution in [2.45, 2.75) is 26.4 Å². The quantitative estimate of drug-likeness (QED) is 0.822. The van der Waals surface area contributed by atoms with Crippen molar-refractivity contribution in [2.24, 2.45) is 0 Å². The van der Waals surface area contributed by atoms with E-state index in [0.717, 1.165) is 10.9 Å². The highest BCUT2D eigenvalue weighted by atomic mass is 79.9. The van der Waals surface area contributed by atoms with E-state index in [-0.39, 0.29) is 11.8 Å². The number of amides is 2. The van der Waals surface area contributed by atoms with Gasteiger partial charge in [-0.15, -0.1) is 0 Å². The Balaban J connectivity index is 1.92. The van der Waals surface area contributed by atoms with E-state index >= 15 is 0 Å². The number of hydrogen-bond acceptors (Lipinski definition) is 3. The van der Waals surface area contributed by atoms with Crippen molar-refractivity contribution in [1.82, 2.24) is 9.80 Å². The molecule has 2 rings (SSSR count). The fourth-order valence-corrected chi connectivity index (χ4v) is 2.74. The summed E-state index contributed by atoms with van der Waals surface area (Å²) in [7, 11) is 0. The minimum absolute atomic E-state index is 0.0340. The second-order valence-corrected chi connectivity index (χ2v) is 6.31. The zero-order chi connectivity index (χ0) is 16.1. The maximum Gasteiger partial charge on any atom is 0.263 e. The number of nitrogens with zero attached hydrogens (tertiary/aromatic N) is 2. The van der Waals surface area contributed by atoms with E-state index in [2.05, 4.69) is 15.9 Å². The Morgan fingerprint density at radius 1 is 1.09 bits per heavy atom. The fourth-order valence-electron chi connectivity index (χ4n) is 2.48. The molecule has 120 valence electrons. The zero-order valence-electron chi connectivity index (χ0n) is 12.9. The first kappa shape index (κ1) is 16.8. The molecule has 1 fully saturated rings. The Hall–Kier alpha value is -1.56. The molecular weight excluding hydrogens is 348 g/mol. The number of benzene rings is 1. The summed E-state index contributed by atoms with van der Waals surface area (Å²) in [6, 6.07) is 7.41. The summed E-state index contributed by atoms with van der Waals surface area (Å²) in [6.07, 6.45) is 0.265. The van der Waals surface area contributed by atoms with Gasteiger partial charge >= 0.3 is 0 Å². The van der Waals surface area contributed by atoms with Crippen molar-refractivity contribution in [3.63, 3.8) is 0 Å². The Labute approximate surface area is 139 Å². The summed E-state index contributed by atoms with van der Waals surface area (Å²) in [5.41, 5.74) is 0. The molecule has 1 heterocycles. The van der Waals surface area contributed by atoms with Gasteiger partial charge in [-0.2, -0.15) is 0 Å². The van der Waals surface area contributed by atoms with E-state index < -0.39 is 6.10 Å². The molecular formula is C16H21BrN2O3. The van der Waals surface area contributed by atoms with Crippen molar-refractivity contribution >= 4 is 27.7 Å².